The molecule has 0 N–H and O–H groups in total. The van der Waals surface area contributed by atoms with Gasteiger partial charge >= 0.3 is 0 Å². The number of nitrogens with zero attached hydrogens (tertiary/aromatic N) is 2. The van der Waals surface area contributed by atoms with Gasteiger partial charge in [0.05, 0.1) is 23.2 Å². The van der Waals surface area contributed by atoms with Crippen molar-refractivity contribution in [2.24, 2.45) is 0 Å². The SMILES string of the molecule is CN(CC(=O)c1ccccc1Cl)Cc1cccc(C#N)c1. The van der Waals surface area contributed by atoms with Gasteiger partial charge in [-0.3, -0.25) is 9.69 Å². The quantitative estimate of drug-likeness (QED) is 0.793. The van der Waals surface area contributed by atoms with E-state index >= 15 is 0 Å². The molecule has 0 saturated heterocycles. The number of likely N-dealkylation sites (N-methyl/N-ethyl adjacent to an activating group) is 1. The molecular weight excluding hydrogens is 284 g/mol. The summed E-state index contributed by atoms with van der Waals surface area (Å²) < 4.78 is 0. The summed E-state index contributed by atoms with van der Waals surface area (Å²) in [5.74, 6) is -0.0143. The highest BCUT2D eigenvalue weighted by Gasteiger charge is 2.12. The fourth-order valence-corrected chi connectivity index (χ4v) is 2.37. The molecule has 0 aromatic heterocycles. The topological polar surface area (TPSA) is 44.1 Å². The fraction of sp³-hybridized carbons (Fsp3) is 0.176. The Hall–Kier alpha value is -2.15. The molecule has 0 radical (unpaired) electrons. The number of hydrogen-bond donors (Lipinski definition) is 0. The number of rotatable bonds is 5. The molecule has 3 nitrogen and oxygen atoms in total. The molecule has 0 spiro atoms. The van der Waals surface area contributed by atoms with Gasteiger partial charge < -0.3 is 0 Å². The first-order valence-corrected chi connectivity index (χ1v) is 6.93. The first-order valence-electron chi connectivity index (χ1n) is 6.55. The van der Waals surface area contributed by atoms with E-state index < -0.39 is 0 Å². The smallest absolute Gasteiger partial charge is 0.178 e. The molecule has 0 aliphatic rings. The minimum Gasteiger partial charge on any atom is -0.295 e. The minimum absolute atomic E-state index is 0.0143. The Labute approximate surface area is 129 Å². The molecule has 0 aliphatic carbocycles. The highest BCUT2D eigenvalue weighted by Crippen LogP contribution is 2.16. The van der Waals surface area contributed by atoms with E-state index in [1.807, 2.05) is 30.1 Å². The van der Waals surface area contributed by atoms with E-state index in [4.69, 9.17) is 16.9 Å². The van der Waals surface area contributed by atoms with Gasteiger partial charge in [0.25, 0.3) is 0 Å². The zero-order valence-electron chi connectivity index (χ0n) is 11.7. The molecule has 2 aromatic carbocycles. The molecule has 2 rings (SSSR count). The molecule has 0 aliphatic heterocycles. The third-order valence-corrected chi connectivity index (χ3v) is 3.43. The van der Waals surface area contributed by atoms with Gasteiger partial charge in [-0.2, -0.15) is 5.26 Å². The molecule has 0 saturated carbocycles. The van der Waals surface area contributed by atoms with Crippen molar-refractivity contribution in [3.8, 4) is 6.07 Å². The van der Waals surface area contributed by atoms with Crippen LogP contribution < -0.4 is 0 Å². The van der Waals surface area contributed by atoms with Crippen molar-refractivity contribution in [3.63, 3.8) is 0 Å². The maximum atomic E-state index is 12.2. The number of hydrogen-bond acceptors (Lipinski definition) is 3. The Morgan fingerprint density at radius 3 is 2.71 bits per heavy atom. The van der Waals surface area contributed by atoms with Crippen LogP contribution in [-0.2, 0) is 6.54 Å². The maximum Gasteiger partial charge on any atom is 0.178 e. The Kier molecular flexibility index (Phi) is 5.10. The third kappa shape index (κ3) is 4.16. The number of benzene rings is 2. The van der Waals surface area contributed by atoms with Gasteiger partial charge in [-0.15, -0.1) is 0 Å². The minimum atomic E-state index is -0.0143. The van der Waals surface area contributed by atoms with Crippen LogP contribution in [0.4, 0.5) is 0 Å². The summed E-state index contributed by atoms with van der Waals surface area (Å²) in [6.07, 6.45) is 0. The number of nitriles is 1. The summed E-state index contributed by atoms with van der Waals surface area (Å²) in [6.45, 7) is 0.881. The lowest BCUT2D eigenvalue weighted by Gasteiger charge is -2.16. The van der Waals surface area contributed by atoms with Crippen LogP contribution in [0.15, 0.2) is 48.5 Å². The van der Waals surface area contributed by atoms with Gasteiger partial charge in [-0.25, -0.2) is 0 Å². The number of carbonyl (C=O) groups excluding carboxylic acids is 1. The Morgan fingerprint density at radius 1 is 1.24 bits per heavy atom. The van der Waals surface area contributed by atoms with Crippen molar-refractivity contribution in [1.82, 2.24) is 4.90 Å². The number of halogens is 1. The van der Waals surface area contributed by atoms with Gasteiger partial charge in [-0.05, 0) is 36.9 Å². The van der Waals surface area contributed by atoms with Crippen molar-refractivity contribution < 1.29 is 4.79 Å². The highest BCUT2D eigenvalue weighted by molar-refractivity contribution is 6.34. The van der Waals surface area contributed by atoms with Crippen LogP contribution in [0.3, 0.4) is 0 Å². The number of ketones is 1. The molecular formula is C17H15ClN2O. The monoisotopic (exact) mass is 298 g/mol. The van der Waals surface area contributed by atoms with Crippen LogP contribution in [0.25, 0.3) is 0 Å². The van der Waals surface area contributed by atoms with Crippen LogP contribution >= 0.6 is 11.6 Å². The van der Waals surface area contributed by atoms with Crippen LogP contribution in [-0.4, -0.2) is 24.3 Å². The predicted molar refractivity (Wildman–Crippen MR) is 83.3 cm³/mol. The van der Waals surface area contributed by atoms with E-state index in [1.54, 1.807) is 30.3 Å². The summed E-state index contributed by atoms with van der Waals surface area (Å²) >= 11 is 6.03. The van der Waals surface area contributed by atoms with Crippen LogP contribution in [0.1, 0.15) is 21.5 Å². The number of carbonyl (C=O) groups is 1. The summed E-state index contributed by atoms with van der Waals surface area (Å²) in [5.41, 5.74) is 2.17. The van der Waals surface area contributed by atoms with Crippen molar-refractivity contribution in [2.45, 2.75) is 6.54 Å². The van der Waals surface area contributed by atoms with Crippen molar-refractivity contribution in [3.05, 3.63) is 70.2 Å². The van der Waals surface area contributed by atoms with Crippen molar-refractivity contribution in [2.75, 3.05) is 13.6 Å². The second-order valence-electron chi connectivity index (χ2n) is 4.89. The van der Waals surface area contributed by atoms with Crippen molar-refractivity contribution in [1.29, 1.82) is 5.26 Å². The molecule has 0 bridgehead atoms. The second kappa shape index (κ2) is 7.03. The molecule has 2 aromatic rings. The normalized spacial score (nSPS) is 10.4. The van der Waals surface area contributed by atoms with E-state index in [-0.39, 0.29) is 12.3 Å². The van der Waals surface area contributed by atoms with Crippen molar-refractivity contribution >= 4 is 17.4 Å². The number of Topliss-reactive ketones (excluding diaryl/α,β-unsaturated/α-hetero) is 1. The van der Waals surface area contributed by atoms with Crippen LogP contribution in [0.2, 0.25) is 5.02 Å². The molecule has 106 valence electrons. The summed E-state index contributed by atoms with van der Waals surface area (Å²) in [5, 5.41) is 9.36. The molecule has 0 atom stereocenters. The van der Waals surface area contributed by atoms with Gasteiger partial charge in [-0.1, -0.05) is 35.9 Å². The third-order valence-electron chi connectivity index (χ3n) is 3.10. The summed E-state index contributed by atoms with van der Waals surface area (Å²) in [6, 6.07) is 16.5. The standard InChI is InChI=1S/C17H15ClN2O/c1-20(11-14-6-4-5-13(9-14)10-19)12-17(21)15-7-2-3-8-16(15)18/h2-9H,11-12H2,1H3. The van der Waals surface area contributed by atoms with E-state index in [0.717, 1.165) is 5.56 Å². The first-order chi connectivity index (χ1) is 10.1. The average Bonchev–Trinajstić information content (AvgIpc) is 2.47. The van der Waals surface area contributed by atoms with Crippen LogP contribution in [0.5, 0.6) is 0 Å². The van der Waals surface area contributed by atoms with Crippen LogP contribution in [0, 0.1) is 11.3 Å². The van der Waals surface area contributed by atoms with E-state index in [2.05, 4.69) is 6.07 Å². The van der Waals surface area contributed by atoms with E-state index in [9.17, 15) is 4.79 Å². The highest BCUT2D eigenvalue weighted by atomic mass is 35.5. The Bertz CT molecular complexity index is 691. The lowest BCUT2D eigenvalue weighted by atomic mass is 10.1. The molecule has 0 heterocycles. The molecule has 0 unspecified atom stereocenters. The largest absolute Gasteiger partial charge is 0.295 e. The molecule has 0 fully saturated rings. The fourth-order valence-electron chi connectivity index (χ4n) is 2.12. The van der Waals surface area contributed by atoms with Gasteiger partial charge in [0.1, 0.15) is 0 Å². The second-order valence-corrected chi connectivity index (χ2v) is 5.29. The summed E-state index contributed by atoms with van der Waals surface area (Å²) in [7, 11) is 1.87. The predicted octanol–water partition coefficient (Wildman–Crippen LogP) is 3.53. The van der Waals surface area contributed by atoms with Gasteiger partial charge in [0.15, 0.2) is 5.78 Å². The lowest BCUT2D eigenvalue weighted by Crippen LogP contribution is -2.25. The van der Waals surface area contributed by atoms with Gasteiger partial charge in [0.2, 0.25) is 0 Å². The van der Waals surface area contributed by atoms with E-state index in [0.29, 0.717) is 22.7 Å². The molecule has 21 heavy (non-hydrogen) atoms. The zero-order valence-corrected chi connectivity index (χ0v) is 12.5. The van der Waals surface area contributed by atoms with E-state index in [1.165, 1.54) is 0 Å². The lowest BCUT2D eigenvalue weighted by molar-refractivity contribution is 0.0943. The first kappa shape index (κ1) is 15.2. The molecule has 0 amide bonds. The molecule has 4 heteroatoms. The maximum absolute atomic E-state index is 12.2. The Morgan fingerprint density at radius 2 is 2.00 bits per heavy atom. The zero-order chi connectivity index (χ0) is 15.2. The summed E-state index contributed by atoms with van der Waals surface area (Å²) in [4.78, 5) is 14.1. The Balaban J connectivity index is 2.02. The van der Waals surface area contributed by atoms with Gasteiger partial charge in [0, 0.05) is 12.1 Å². The average molecular weight is 299 g/mol.